The molecule has 0 aromatic rings. The first kappa shape index (κ1) is 12.8. The lowest BCUT2D eigenvalue weighted by Crippen LogP contribution is -2.11. The third-order valence-corrected chi connectivity index (χ3v) is 3.23. The smallest absolute Gasteiger partial charge is 0.0358 e. The van der Waals surface area contributed by atoms with Gasteiger partial charge in [-0.25, -0.2) is 0 Å². The van der Waals surface area contributed by atoms with Gasteiger partial charge in [0.1, 0.15) is 0 Å². The van der Waals surface area contributed by atoms with Gasteiger partial charge < -0.3 is 5.41 Å². The molecule has 0 saturated heterocycles. The number of rotatable bonds is 6. The lowest BCUT2D eigenvalue weighted by molar-refractivity contribution is 0.733. The molecule has 0 bridgehead atoms. The summed E-state index contributed by atoms with van der Waals surface area (Å²) in [7, 11) is 0. The molecular formula is C11H21NS. The van der Waals surface area contributed by atoms with Crippen molar-refractivity contribution in [2.75, 3.05) is 5.75 Å². The minimum absolute atomic E-state index is 0.446. The molecule has 0 radical (unpaired) electrons. The summed E-state index contributed by atoms with van der Waals surface area (Å²) >= 11 is 1.79. The number of hydrogen-bond acceptors (Lipinski definition) is 2. The summed E-state index contributed by atoms with van der Waals surface area (Å²) in [5, 5.41) is 7.77. The molecule has 0 aliphatic carbocycles. The monoisotopic (exact) mass is 199 g/mol. The van der Waals surface area contributed by atoms with E-state index in [9.17, 15) is 0 Å². The molecule has 1 nitrogen and oxygen atoms in total. The zero-order valence-electron chi connectivity index (χ0n) is 9.18. The zero-order valence-corrected chi connectivity index (χ0v) is 10.0. The lowest BCUT2D eigenvalue weighted by atomic mass is 10.1. The molecule has 0 amide bonds. The van der Waals surface area contributed by atoms with Crippen LogP contribution in [0.2, 0.25) is 0 Å². The van der Waals surface area contributed by atoms with Gasteiger partial charge >= 0.3 is 0 Å². The lowest BCUT2D eigenvalue weighted by Gasteiger charge is -2.09. The molecular weight excluding hydrogens is 178 g/mol. The maximum absolute atomic E-state index is 7.77. The Kier molecular flexibility index (Phi) is 7.06. The van der Waals surface area contributed by atoms with Crippen LogP contribution >= 0.6 is 11.8 Å². The molecule has 0 saturated carbocycles. The van der Waals surface area contributed by atoms with Crippen LogP contribution in [0.5, 0.6) is 0 Å². The predicted octanol–water partition coefficient (Wildman–Crippen LogP) is 4.10. The molecule has 0 spiro atoms. The van der Waals surface area contributed by atoms with E-state index in [0.717, 1.165) is 24.3 Å². The summed E-state index contributed by atoms with van der Waals surface area (Å²) in [5.74, 6) is 1.30. The fourth-order valence-corrected chi connectivity index (χ4v) is 1.88. The van der Waals surface area contributed by atoms with E-state index in [1.54, 1.807) is 11.8 Å². The zero-order chi connectivity index (χ0) is 10.3. The molecule has 1 unspecified atom stereocenters. The average molecular weight is 199 g/mol. The molecule has 76 valence electrons. The van der Waals surface area contributed by atoms with Gasteiger partial charge in [0.15, 0.2) is 0 Å². The molecule has 13 heavy (non-hydrogen) atoms. The molecule has 2 heteroatoms. The van der Waals surface area contributed by atoms with Gasteiger partial charge in [-0.3, -0.25) is 0 Å². The van der Waals surface area contributed by atoms with E-state index in [2.05, 4.69) is 33.8 Å². The topological polar surface area (TPSA) is 23.9 Å². The van der Waals surface area contributed by atoms with E-state index in [0.29, 0.717) is 5.92 Å². The minimum atomic E-state index is 0.446. The summed E-state index contributed by atoms with van der Waals surface area (Å²) in [6.07, 6.45) is 4.39. The number of thioether (sulfide) groups is 1. The van der Waals surface area contributed by atoms with Crippen LogP contribution in [0.1, 0.15) is 40.5 Å². The van der Waals surface area contributed by atoms with Gasteiger partial charge in [-0.2, -0.15) is 0 Å². The Morgan fingerprint density at radius 2 is 2.08 bits per heavy atom. The van der Waals surface area contributed by atoms with Gasteiger partial charge in [-0.15, -0.1) is 11.8 Å². The van der Waals surface area contributed by atoms with Crippen molar-refractivity contribution >= 4 is 17.5 Å². The largest absolute Gasteiger partial charge is 0.309 e. The highest BCUT2D eigenvalue weighted by Crippen LogP contribution is 2.17. The van der Waals surface area contributed by atoms with E-state index >= 15 is 0 Å². The van der Waals surface area contributed by atoms with Crippen LogP contribution in [0.25, 0.3) is 0 Å². The normalized spacial score (nSPS) is 14.3. The minimum Gasteiger partial charge on any atom is -0.309 e. The number of hydrogen-bond donors (Lipinski definition) is 1. The fraction of sp³-hybridized carbons (Fsp3) is 0.727. The van der Waals surface area contributed by atoms with Gasteiger partial charge in [-0.05, 0) is 30.6 Å². The second kappa shape index (κ2) is 7.19. The van der Waals surface area contributed by atoms with Crippen molar-refractivity contribution in [2.24, 2.45) is 5.92 Å². The van der Waals surface area contributed by atoms with E-state index in [1.807, 2.05) is 0 Å². The summed E-state index contributed by atoms with van der Waals surface area (Å²) in [4.78, 5) is 1.34. The highest BCUT2D eigenvalue weighted by molar-refractivity contribution is 8.03. The van der Waals surface area contributed by atoms with Gasteiger partial charge in [-0.1, -0.05) is 26.8 Å². The van der Waals surface area contributed by atoms with Crippen molar-refractivity contribution in [2.45, 2.75) is 40.5 Å². The third-order valence-electron chi connectivity index (χ3n) is 2.15. The van der Waals surface area contributed by atoms with Crippen LogP contribution < -0.4 is 0 Å². The quantitative estimate of drug-likeness (QED) is 0.640. The maximum Gasteiger partial charge on any atom is 0.0358 e. The third kappa shape index (κ3) is 5.92. The van der Waals surface area contributed by atoms with Gasteiger partial charge in [0, 0.05) is 11.5 Å². The highest BCUT2D eigenvalue weighted by atomic mass is 32.2. The molecule has 0 heterocycles. The van der Waals surface area contributed by atoms with Crippen LogP contribution in [0.3, 0.4) is 0 Å². The number of nitrogens with one attached hydrogen (secondary N) is 1. The Bertz CT molecular complexity index is 185. The van der Waals surface area contributed by atoms with Crippen molar-refractivity contribution in [3.8, 4) is 0 Å². The van der Waals surface area contributed by atoms with Crippen LogP contribution in [0.15, 0.2) is 11.0 Å². The van der Waals surface area contributed by atoms with Crippen molar-refractivity contribution < 1.29 is 0 Å². The van der Waals surface area contributed by atoms with E-state index in [4.69, 9.17) is 5.41 Å². The molecule has 0 aliphatic rings. The van der Waals surface area contributed by atoms with E-state index in [-0.39, 0.29) is 0 Å². The maximum atomic E-state index is 7.77. The fourth-order valence-electron chi connectivity index (χ4n) is 0.927. The van der Waals surface area contributed by atoms with Crippen molar-refractivity contribution in [3.63, 3.8) is 0 Å². The van der Waals surface area contributed by atoms with Crippen molar-refractivity contribution in [1.29, 1.82) is 5.41 Å². The Balaban J connectivity index is 3.76. The Morgan fingerprint density at radius 1 is 1.46 bits per heavy atom. The molecule has 1 N–H and O–H groups in total. The van der Waals surface area contributed by atoms with Crippen molar-refractivity contribution in [1.82, 2.24) is 0 Å². The second-order valence-electron chi connectivity index (χ2n) is 3.35. The van der Waals surface area contributed by atoms with Crippen LogP contribution in [-0.4, -0.2) is 11.5 Å². The molecule has 0 aliphatic heterocycles. The van der Waals surface area contributed by atoms with Crippen LogP contribution in [-0.2, 0) is 0 Å². The predicted molar refractivity (Wildman–Crippen MR) is 63.7 cm³/mol. The first-order chi connectivity index (χ1) is 6.11. The van der Waals surface area contributed by atoms with Crippen LogP contribution in [0.4, 0.5) is 0 Å². The summed E-state index contributed by atoms with van der Waals surface area (Å²) in [6, 6.07) is 0. The van der Waals surface area contributed by atoms with E-state index in [1.165, 1.54) is 4.91 Å². The van der Waals surface area contributed by atoms with E-state index < -0.39 is 0 Å². The van der Waals surface area contributed by atoms with Gasteiger partial charge in [0.05, 0.1) is 0 Å². The molecule has 0 aromatic heterocycles. The molecule has 0 fully saturated rings. The summed E-state index contributed by atoms with van der Waals surface area (Å²) in [6.45, 7) is 8.53. The molecule has 0 rings (SSSR count). The average Bonchev–Trinajstić information content (AvgIpc) is 2.13. The van der Waals surface area contributed by atoms with Gasteiger partial charge in [0.25, 0.3) is 0 Å². The Hall–Kier alpha value is -0.240. The summed E-state index contributed by atoms with van der Waals surface area (Å²) < 4.78 is 0. The number of allylic oxidation sites excluding steroid dienone is 2. The van der Waals surface area contributed by atoms with Crippen LogP contribution in [0, 0.1) is 11.3 Å². The molecule has 1 atom stereocenters. The first-order valence-corrected chi connectivity index (χ1v) is 5.97. The first-order valence-electron chi connectivity index (χ1n) is 4.98. The SMILES string of the molecule is CCC=C(C)SCC(=N)C(C)CC. The standard InChI is InChI=1S/C11H21NS/c1-5-7-10(4)13-8-11(12)9(3)6-2/h7,9,12H,5-6,8H2,1-4H3. The summed E-state index contributed by atoms with van der Waals surface area (Å²) in [5.41, 5.74) is 0.872. The van der Waals surface area contributed by atoms with Gasteiger partial charge in [0.2, 0.25) is 0 Å². The molecule has 0 aromatic carbocycles. The Labute approximate surface area is 86.5 Å². The van der Waals surface area contributed by atoms with Crippen molar-refractivity contribution in [3.05, 3.63) is 11.0 Å². The second-order valence-corrected chi connectivity index (χ2v) is 4.57. The highest BCUT2D eigenvalue weighted by Gasteiger charge is 2.05. The Morgan fingerprint density at radius 3 is 2.54 bits per heavy atom.